The molecule has 0 bridgehead atoms. The SMILES string of the molecule is CNCC(=O)N1CC[C@@H](Oc2cc(-c3ccccc3)nc3cc(OC)ccc23)C1. The summed E-state index contributed by atoms with van der Waals surface area (Å²) >= 11 is 0. The predicted octanol–water partition coefficient (Wildman–Crippen LogP) is 3.11. The highest BCUT2D eigenvalue weighted by molar-refractivity contribution is 5.89. The normalized spacial score (nSPS) is 16.2. The molecular weight excluding hydrogens is 366 g/mol. The largest absolute Gasteiger partial charge is 0.497 e. The van der Waals surface area contributed by atoms with Crippen molar-refractivity contribution >= 4 is 16.8 Å². The predicted molar refractivity (Wildman–Crippen MR) is 113 cm³/mol. The summed E-state index contributed by atoms with van der Waals surface area (Å²) in [6.07, 6.45) is 0.781. The minimum absolute atomic E-state index is 0.0351. The summed E-state index contributed by atoms with van der Waals surface area (Å²) in [4.78, 5) is 18.8. The Balaban J connectivity index is 1.66. The molecule has 1 aromatic heterocycles. The van der Waals surface area contributed by atoms with Crippen LogP contribution in [0.25, 0.3) is 22.2 Å². The number of hydrogen-bond donors (Lipinski definition) is 1. The van der Waals surface area contributed by atoms with Crippen LogP contribution in [0, 0.1) is 0 Å². The van der Waals surface area contributed by atoms with E-state index in [2.05, 4.69) is 5.32 Å². The maximum Gasteiger partial charge on any atom is 0.236 e. The number of rotatable bonds is 6. The van der Waals surface area contributed by atoms with Gasteiger partial charge in [0.2, 0.25) is 5.91 Å². The van der Waals surface area contributed by atoms with Gasteiger partial charge in [0.05, 0.1) is 31.4 Å². The van der Waals surface area contributed by atoms with Crippen LogP contribution in [0.1, 0.15) is 6.42 Å². The number of likely N-dealkylation sites (tertiary alicyclic amines) is 1. The topological polar surface area (TPSA) is 63.7 Å². The van der Waals surface area contributed by atoms with E-state index in [1.807, 2.05) is 59.5 Å². The number of benzene rings is 2. The van der Waals surface area contributed by atoms with E-state index in [9.17, 15) is 4.79 Å². The number of fused-ring (bicyclic) bond motifs is 1. The number of ether oxygens (including phenoxy) is 2. The maximum absolute atomic E-state index is 12.1. The first-order valence-corrected chi connectivity index (χ1v) is 9.81. The van der Waals surface area contributed by atoms with E-state index in [-0.39, 0.29) is 12.0 Å². The molecule has 6 nitrogen and oxygen atoms in total. The molecule has 2 aromatic carbocycles. The number of hydrogen-bond acceptors (Lipinski definition) is 5. The quantitative estimate of drug-likeness (QED) is 0.700. The lowest BCUT2D eigenvalue weighted by Gasteiger charge is -2.18. The minimum Gasteiger partial charge on any atom is -0.497 e. The molecule has 1 aliphatic heterocycles. The van der Waals surface area contributed by atoms with Crippen LogP contribution in [-0.4, -0.2) is 55.7 Å². The molecule has 0 spiro atoms. The number of methoxy groups -OCH3 is 1. The monoisotopic (exact) mass is 391 g/mol. The maximum atomic E-state index is 12.1. The Morgan fingerprint density at radius 1 is 1.21 bits per heavy atom. The molecule has 1 fully saturated rings. The number of carbonyl (C=O) groups excluding carboxylic acids is 1. The summed E-state index contributed by atoms with van der Waals surface area (Å²) in [5.41, 5.74) is 2.70. The molecule has 1 N–H and O–H groups in total. The van der Waals surface area contributed by atoms with Crippen LogP contribution in [0.15, 0.2) is 54.6 Å². The Bertz CT molecular complexity index is 1010. The summed E-state index contributed by atoms with van der Waals surface area (Å²) in [5, 5.41) is 3.85. The van der Waals surface area contributed by atoms with Crippen LogP contribution < -0.4 is 14.8 Å². The van der Waals surface area contributed by atoms with Gasteiger partial charge < -0.3 is 19.7 Å². The third-order valence-electron chi connectivity index (χ3n) is 5.17. The van der Waals surface area contributed by atoms with Crippen molar-refractivity contribution < 1.29 is 14.3 Å². The molecule has 1 atom stereocenters. The number of pyridine rings is 1. The molecule has 6 heteroatoms. The first-order valence-electron chi connectivity index (χ1n) is 9.81. The molecule has 0 saturated carbocycles. The molecular formula is C23H25N3O3. The van der Waals surface area contributed by atoms with E-state index in [0.29, 0.717) is 19.6 Å². The number of amides is 1. The van der Waals surface area contributed by atoms with Crippen molar-refractivity contribution in [3.8, 4) is 22.8 Å². The van der Waals surface area contributed by atoms with Crippen molar-refractivity contribution in [3.05, 3.63) is 54.6 Å². The molecule has 0 radical (unpaired) electrons. The van der Waals surface area contributed by atoms with Gasteiger partial charge in [-0.15, -0.1) is 0 Å². The Morgan fingerprint density at radius 2 is 2.03 bits per heavy atom. The van der Waals surface area contributed by atoms with E-state index in [4.69, 9.17) is 14.5 Å². The summed E-state index contributed by atoms with van der Waals surface area (Å²) < 4.78 is 11.8. The van der Waals surface area contributed by atoms with E-state index in [0.717, 1.165) is 40.1 Å². The fourth-order valence-electron chi connectivity index (χ4n) is 3.65. The zero-order chi connectivity index (χ0) is 20.2. The van der Waals surface area contributed by atoms with Crippen molar-refractivity contribution in [1.29, 1.82) is 0 Å². The Labute approximate surface area is 170 Å². The van der Waals surface area contributed by atoms with Gasteiger partial charge in [0.25, 0.3) is 0 Å². The number of nitrogens with one attached hydrogen (secondary N) is 1. The van der Waals surface area contributed by atoms with Crippen molar-refractivity contribution in [3.63, 3.8) is 0 Å². The van der Waals surface area contributed by atoms with Gasteiger partial charge in [-0.1, -0.05) is 30.3 Å². The standard InChI is InChI=1S/C23H25N3O3/c1-24-14-23(27)26-11-10-18(15-26)29-22-13-20(16-6-4-3-5-7-16)25-21-12-17(28-2)8-9-19(21)22/h3-9,12-13,18,24H,10-11,14-15H2,1-2H3/t18-/m1/s1. The highest BCUT2D eigenvalue weighted by Crippen LogP contribution is 2.33. The molecule has 29 heavy (non-hydrogen) atoms. The van der Waals surface area contributed by atoms with Crippen LogP contribution >= 0.6 is 0 Å². The second kappa shape index (κ2) is 8.49. The lowest BCUT2D eigenvalue weighted by atomic mass is 10.1. The molecule has 2 heterocycles. The van der Waals surface area contributed by atoms with Gasteiger partial charge in [-0.25, -0.2) is 4.98 Å². The number of nitrogens with zero attached hydrogens (tertiary/aromatic N) is 2. The van der Waals surface area contributed by atoms with Crippen LogP contribution in [0.4, 0.5) is 0 Å². The van der Waals surface area contributed by atoms with Gasteiger partial charge >= 0.3 is 0 Å². The fourth-order valence-corrected chi connectivity index (χ4v) is 3.65. The van der Waals surface area contributed by atoms with Gasteiger partial charge in [-0.3, -0.25) is 4.79 Å². The van der Waals surface area contributed by atoms with E-state index < -0.39 is 0 Å². The fraction of sp³-hybridized carbons (Fsp3) is 0.304. The van der Waals surface area contributed by atoms with Gasteiger partial charge in [-0.2, -0.15) is 0 Å². The summed E-state index contributed by atoms with van der Waals surface area (Å²) in [6.45, 7) is 1.66. The van der Waals surface area contributed by atoms with Gasteiger partial charge in [0.15, 0.2) is 0 Å². The van der Waals surface area contributed by atoms with E-state index in [1.165, 1.54) is 0 Å². The van der Waals surface area contributed by atoms with Crippen molar-refractivity contribution in [2.45, 2.75) is 12.5 Å². The minimum atomic E-state index is -0.0351. The molecule has 1 aliphatic rings. The summed E-state index contributed by atoms with van der Waals surface area (Å²) in [5.74, 6) is 1.64. The highest BCUT2D eigenvalue weighted by Gasteiger charge is 2.27. The number of aromatic nitrogens is 1. The Hall–Kier alpha value is -3.12. The average molecular weight is 391 g/mol. The molecule has 150 valence electrons. The van der Waals surface area contributed by atoms with Crippen molar-refractivity contribution in [2.24, 2.45) is 0 Å². The molecule has 4 rings (SSSR count). The molecule has 0 unspecified atom stereocenters. The Kier molecular flexibility index (Phi) is 5.62. The second-order valence-electron chi connectivity index (χ2n) is 7.15. The molecule has 1 saturated heterocycles. The smallest absolute Gasteiger partial charge is 0.236 e. The van der Waals surface area contributed by atoms with Gasteiger partial charge in [0.1, 0.15) is 17.6 Å². The summed E-state index contributed by atoms with van der Waals surface area (Å²) in [6, 6.07) is 17.8. The molecule has 1 amide bonds. The third-order valence-corrected chi connectivity index (χ3v) is 5.17. The van der Waals surface area contributed by atoms with Crippen LogP contribution in [0.5, 0.6) is 11.5 Å². The summed E-state index contributed by atoms with van der Waals surface area (Å²) in [7, 11) is 3.43. The average Bonchev–Trinajstić information content (AvgIpc) is 3.22. The zero-order valence-electron chi connectivity index (χ0n) is 16.7. The third kappa shape index (κ3) is 4.17. The highest BCUT2D eigenvalue weighted by atomic mass is 16.5. The lowest BCUT2D eigenvalue weighted by Crippen LogP contribution is -2.36. The van der Waals surface area contributed by atoms with Crippen molar-refractivity contribution in [2.75, 3.05) is 33.8 Å². The first kappa shape index (κ1) is 19.2. The molecule has 0 aliphatic carbocycles. The van der Waals surface area contributed by atoms with Crippen LogP contribution in [-0.2, 0) is 4.79 Å². The van der Waals surface area contributed by atoms with Crippen LogP contribution in [0.2, 0.25) is 0 Å². The van der Waals surface area contributed by atoms with Crippen molar-refractivity contribution in [1.82, 2.24) is 15.2 Å². The number of carbonyl (C=O) groups is 1. The first-order chi connectivity index (χ1) is 14.2. The zero-order valence-corrected chi connectivity index (χ0v) is 16.7. The van der Waals surface area contributed by atoms with E-state index in [1.54, 1.807) is 14.2 Å². The molecule has 3 aromatic rings. The lowest BCUT2D eigenvalue weighted by molar-refractivity contribution is -0.129. The Morgan fingerprint density at radius 3 is 2.79 bits per heavy atom. The van der Waals surface area contributed by atoms with E-state index >= 15 is 0 Å². The number of likely N-dealkylation sites (N-methyl/N-ethyl adjacent to an activating group) is 1. The van der Waals surface area contributed by atoms with Gasteiger partial charge in [-0.05, 0) is 19.2 Å². The van der Waals surface area contributed by atoms with Crippen LogP contribution in [0.3, 0.4) is 0 Å². The second-order valence-corrected chi connectivity index (χ2v) is 7.15. The van der Waals surface area contributed by atoms with Gasteiger partial charge in [0, 0.05) is 36.0 Å².